The summed E-state index contributed by atoms with van der Waals surface area (Å²) in [4.78, 5) is 4.24. The van der Waals surface area contributed by atoms with Gasteiger partial charge in [0.2, 0.25) is 0 Å². The van der Waals surface area contributed by atoms with Crippen molar-refractivity contribution < 1.29 is 0 Å². The molecule has 3 heteroatoms. The van der Waals surface area contributed by atoms with Gasteiger partial charge < -0.3 is 5.32 Å². The molecule has 0 radical (unpaired) electrons. The molecule has 0 bridgehead atoms. The Morgan fingerprint density at radius 2 is 1.29 bits per heavy atom. The first kappa shape index (κ1) is 21.3. The maximum absolute atomic E-state index is 6.06. The van der Waals surface area contributed by atoms with E-state index in [4.69, 9.17) is 11.6 Å². The second-order valence-electron chi connectivity index (χ2n) is 6.86. The standard InChI is InChI=1S/C21H37ClN2/c1-2-3-4-5-6-7-8-9-10-11-12-13-14-15-18-23-21-20(22)17-16-19-24-21/h16-17,19H,2-15,18H2,1H3,(H,23,24). The topological polar surface area (TPSA) is 24.9 Å². The minimum atomic E-state index is 0.711. The van der Waals surface area contributed by atoms with Crippen LogP contribution in [-0.2, 0) is 0 Å². The van der Waals surface area contributed by atoms with E-state index in [-0.39, 0.29) is 0 Å². The Labute approximate surface area is 154 Å². The Kier molecular flexibility index (Phi) is 14.0. The van der Waals surface area contributed by atoms with Crippen molar-refractivity contribution in [2.24, 2.45) is 0 Å². The number of anilines is 1. The first-order valence-electron chi connectivity index (χ1n) is 10.2. The molecule has 0 spiro atoms. The summed E-state index contributed by atoms with van der Waals surface area (Å²) in [5, 5.41) is 4.02. The zero-order valence-corrected chi connectivity index (χ0v) is 16.4. The van der Waals surface area contributed by atoms with E-state index in [1.54, 1.807) is 6.20 Å². The van der Waals surface area contributed by atoms with E-state index in [9.17, 15) is 0 Å². The molecule has 1 heterocycles. The Morgan fingerprint density at radius 3 is 1.79 bits per heavy atom. The number of pyridine rings is 1. The maximum atomic E-state index is 6.06. The van der Waals surface area contributed by atoms with Gasteiger partial charge in [-0.1, -0.05) is 102 Å². The summed E-state index contributed by atoms with van der Waals surface area (Å²) < 4.78 is 0. The van der Waals surface area contributed by atoms with Crippen LogP contribution in [0.15, 0.2) is 18.3 Å². The van der Waals surface area contributed by atoms with Crippen molar-refractivity contribution in [3.8, 4) is 0 Å². The maximum Gasteiger partial charge on any atom is 0.144 e. The zero-order chi connectivity index (χ0) is 17.3. The smallest absolute Gasteiger partial charge is 0.144 e. The Balaban J connectivity index is 1.77. The van der Waals surface area contributed by atoms with Crippen molar-refractivity contribution in [1.82, 2.24) is 4.98 Å². The average Bonchev–Trinajstić information content (AvgIpc) is 2.60. The molecule has 1 aromatic heterocycles. The predicted molar refractivity (Wildman–Crippen MR) is 108 cm³/mol. The Bertz CT molecular complexity index is 395. The fraction of sp³-hybridized carbons (Fsp3) is 0.762. The van der Waals surface area contributed by atoms with Gasteiger partial charge in [0.1, 0.15) is 5.82 Å². The highest BCUT2D eigenvalue weighted by Crippen LogP contribution is 2.17. The number of hydrogen-bond donors (Lipinski definition) is 1. The van der Waals surface area contributed by atoms with Gasteiger partial charge in [-0.2, -0.15) is 0 Å². The van der Waals surface area contributed by atoms with Gasteiger partial charge >= 0.3 is 0 Å². The van der Waals surface area contributed by atoms with Crippen molar-refractivity contribution in [2.75, 3.05) is 11.9 Å². The van der Waals surface area contributed by atoms with E-state index in [2.05, 4.69) is 17.2 Å². The highest BCUT2D eigenvalue weighted by Gasteiger charge is 1.98. The normalized spacial score (nSPS) is 10.9. The van der Waals surface area contributed by atoms with Gasteiger partial charge in [-0.25, -0.2) is 4.98 Å². The van der Waals surface area contributed by atoms with Gasteiger partial charge in [0.25, 0.3) is 0 Å². The van der Waals surface area contributed by atoms with Crippen LogP contribution in [0, 0.1) is 0 Å². The molecule has 0 saturated carbocycles. The van der Waals surface area contributed by atoms with Crippen LogP contribution in [0.25, 0.3) is 0 Å². The van der Waals surface area contributed by atoms with E-state index in [0.717, 1.165) is 12.4 Å². The minimum Gasteiger partial charge on any atom is -0.369 e. The summed E-state index contributed by atoms with van der Waals surface area (Å²) in [6.45, 7) is 3.25. The lowest BCUT2D eigenvalue weighted by atomic mass is 10.0. The molecule has 0 aliphatic carbocycles. The fourth-order valence-corrected chi connectivity index (χ4v) is 3.23. The molecule has 0 amide bonds. The van der Waals surface area contributed by atoms with Crippen LogP contribution in [0.2, 0.25) is 5.02 Å². The lowest BCUT2D eigenvalue weighted by Gasteiger charge is -2.07. The third-order valence-electron chi connectivity index (χ3n) is 4.58. The van der Waals surface area contributed by atoms with Crippen molar-refractivity contribution >= 4 is 17.4 Å². The molecular weight excluding hydrogens is 316 g/mol. The van der Waals surface area contributed by atoms with Crippen LogP contribution in [0.3, 0.4) is 0 Å². The monoisotopic (exact) mass is 352 g/mol. The molecule has 0 aliphatic heterocycles. The second-order valence-corrected chi connectivity index (χ2v) is 7.26. The molecule has 0 atom stereocenters. The van der Waals surface area contributed by atoms with Crippen LogP contribution in [0.5, 0.6) is 0 Å². The minimum absolute atomic E-state index is 0.711. The second kappa shape index (κ2) is 15.7. The summed E-state index contributed by atoms with van der Waals surface area (Å²) in [7, 11) is 0. The summed E-state index contributed by atoms with van der Waals surface area (Å²) in [6, 6.07) is 3.74. The largest absolute Gasteiger partial charge is 0.369 e. The van der Waals surface area contributed by atoms with E-state index in [1.165, 1.54) is 89.9 Å². The molecule has 0 saturated heterocycles. The average molecular weight is 353 g/mol. The van der Waals surface area contributed by atoms with Crippen LogP contribution < -0.4 is 5.32 Å². The molecule has 0 aliphatic rings. The number of halogens is 1. The van der Waals surface area contributed by atoms with Crippen molar-refractivity contribution in [1.29, 1.82) is 0 Å². The molecular formula is C21H37ClN2. The SMILES string of the molecule is CCCCCCCCCCCCCCCCNc1ncccc1Cl. The third kappa shape index (κ3) is 11.7. The molecule has 2 nitrogen and oxygen atoms in total. The van der Waals surface area contributed by atoms with Crippen LogP contribution >= 0.6 is 11.6 Å². The molecule has 24 heavy (non-hydrogen) atoms. The first-order chi connectivity index (χ1) is 11.8. The quantitative estimate of drug-likeness (QED) is 0.309. The number of rotatable bonds is 16. The van der Waals surface area contributed by atoms with Gasteiger partial charge in [0.05, 0.1) is 5.02 Å². The molecule has 138 valence electrons. The van der Waals surface area contributed by atoms with E-state index in [0.29, 0.717) is 5.02 Å². The van der Waals surface area contributed by atoms with Gasteiger partial charge in [0.15, 0.2) is 0 Å². The number of unbranched alkanes of at least 4 members (excludes halogenated alkanes) is 13. The van der Waals surface area contributed by atoms with E-state index in [1.807, 2.05) is 12.1 Å². The van der Waals surface area contributed by atoms with Gasteiger partial charge in [0, 0.05) is 12.7 Å². The number of nitrogens with zero attached hydrogens (tertiary/aromatic N) is 1. The van der Waals surface area contributed by atoms with Crippen LogP contribution in [-0.4, -0.2) is 11.5 Å². The zero-order valence-electron chi connectivity index (χ0n) is 15.7. The van der Waals surface area contributed by atoms with Crippen LogP contribution in [0.1, 0.15) is 96.8 Å². The molecule has 1 aromatic rings. The summed E-state index contributed by atoms with van der Waals surface area (Å²) in [6.07, 6.45) is 21.3. The Morgan fingerprint density at radius 1 is 0.792 bits per heavy atom. The van der Waals surface area contributed by atoms with Crippen molar-refractivity contribution in [3.05, 3.63) is 23.4 Å². The molecule has 1 N–H and O–H groups in total. The molecule has 0 fully saturated rings. The van der Waals surface area contributed by atoms with Gasteiger partial charge in [-0.05, 0) is 18.6 Å². The van der Waals surface area contributed by atoms with Crippen molar-refractivity contribution in [2.45, 2.75) is 96.8 Å². The van der Waals surface area contributed by atoms with E-state index < -0.39 is 0 Å². The first-order valence-corrected chi connectivity index (χ1v) is 10.6. The summed E-state index contributed by atoms with van der Waals surface area (Å²) in [5.74, 6) is 0.814. The summed E-state index contributed by atoms with van der Waals surface area (Å²) >= 11 is 6.06. The lowest BCUT2D eigenvalue weighted by molar-refractivity contribution is 0.537. The highest BCUT2D eigenvalue weighted by molar-refractivity contribution is 6.32. The predicted octanol–water partition coefficient (Wildman–Crippen LogP) is 7.63. The highest BCUT2D eigenvalue weighted by atomic mass is 35.5. The molecule has 0 unspecified atom stereocenters. The lowest BCUT2D eigenvalue weighted by Crippen LogP contribution is -2.03. The Hall–Kier alpha value is -0.760. The number of aromatic nitrogens is 1. The summed E-state index contributed by atoms with van der Waals surface area (Å²) in [5.41, 5.74) is 0. The number of nitrogens with one attached hydrogen (secondary N) is 1. The number of hydrogen-bond acceptors (Lipinski definition) is 2. The third-order valence-corrected chi connectivity index (χ3v) is 4.89. The van der Waals surface area contributed by atoms with Crippen molar-refractivity contribution in [3.63, 3.8) is 0 Å². The molecule has 0 aromatic carbocycles. The van der Waals surface area contributed by atoms with Gasteiger partial charge in [-0.3, -0.25) is 0 Å². The van der Waals surface area contributed by atoms with E-state index >= 15 is 0 Å². The fourth-order valence-electron chi connectivity index (χ4n) is 3.04. The molecule has 1 rings (SSSR count). The van der Waals surface area contributed by atoms with Gasteiger partial charge in [-0.15, -0.1) is 0 Å². The van der Waals surface area contributed by atoms with Crippen LogP contribution in [0.4, 0.5) is 5.82 Å².